The van der Waals surface area contributed by atoms with E-state index in [0.717, 1.165) is 18.6 Å². The topological polar surface area (TPSA) is 71.3 Å². The fourth-order valence-corrected chi connectivity index (χ4v) is 2.46. The number of halogens is 3. The van der Waals surface area contributed by atoms with Crippen molar-refractivity contribution >= 4 is 17.7 Å². The molecule has 2 aromatic rings. The molecule has 1 amide bonds. The maximum absolute atomic E-state index is 12.8. The number of carbonyl (C=O) groups excluding carboxylic acids is 1. The first kappa shape index (κ1) is 22.8. The highest BCUT2D eigenvalue weighted by molar-refractivity contribution is 6.09. The maximum atomic E-state index is 12.8. The highest BCUT2D eigenvalue weighted by Gasteiger charge is 2.30. The Morgan fingerprint density at radius 1 is 1.23 bits per heavy atom. The monoisotopic (exact) mass is 418 g/mol. The van der Waals surface area contributed by atoms with Gasteiger partial charge in [-0.3, -0.25) is 4.79 Å². The number of carbonyl (C=O) groups is 1. The minimum absolute atomic E-state index is 0.0202. The van der Waals surface area contributed by atoms with E-state index >= 15 is 0 Å². The van der Waals surface area contributed by atoms with Gasteiger partial charge in [0.15, 0.2) is 11.5 Å². The smallest absolute Gasteiger partial charge is 0.416 e. The number of hydrogen-bond donors (Lipinski definition) is 1. The van der Waals surface area contributed by atoms with E-state index in [-0.39, 0.29) is 17.4 Å². The number of hydrogen-bond acceptors (Lipinski definition) is 4. The third-order valence-corrected chi connectivity index (χ3v) is 4.21. The van der Waals surface area contributed by atoms with Crippen molar-refractivity contribution in [3.63, 3.8) is 0 Å². The van der Waals surface area contributed by atoms with Crippen molar-refractivity contribution in [1.29, 1.82) is 5.26 Å². The highest BCUT2D eigenvalue weighted by atomic mass is 19.4. The SMILES string of the molecule is CC[C@H](C)Oc1ccc(/C=C(/C#N)C(=O)Nc2cccc(C(F)(F)F)c2)cc1OC. The van der Waals surface area contributed by atoms with Crippen LogP contribution in [0, 0.1) is 11.3 Å². The fraction of sp³-hybridized carbons (Fsp3) is 0.273. The molecule has 0 unspecified atom stereocenters. The minimum atomic E-state index is -4.54. The van der Waals surface area contributed by atoms with Crippen LogP contribution in [0.15, 0.2) is 48.0 Å². The molecule has 2 aromatic carbocycles. The molecular weight excluding hydrogens is 397 g/mol. The van der Waals surface area contributed by atoms with E-state index in [4.69, 9.17) is 9.47 Å². The second-order valence-electron chi connectivity index (χ2n) is 6.45. The van der Waals surface area contributed by atoms with Crippen molar-refractivity contribution in [2.45, 2.75) is 32.5 Å². The van der Waals surface area contributed by atoms with E-state index < -0.39 is 17.6 Å². The molecule has 0 fully saturated rings. The zero-order chi connectivity index (χ0) is 22.3. The van der Waals surface area contributed by atoms with Gasteiger partial charge in [-0.05, 0) is 55.3 Å². The average molecular weight is 418 g/mol. The van der Waals surface area contributed by atoms with Crippen LogP contribution in [0.2, 0.25) is 0 Å². The number of alkyl halides is 3. The lowest BCUT2D eigenvalue weighted by Crippen LogP contribution is -2.14. The molecule has 0 radical (unpaired) electrons. The summed E-state index contributed by atoms with van der Waals surface area (Å²) in [6.07, 6.45) is -2.43. The van der Waals surface area contributed by atoms with Gasteiger partial charge >= 0.3 is 6.18 Å². The summed E-state index contributed by atoms with van der Waals surface area (Å²) in [4.78, 5) is 12.4. The summed E-state index contributed by atoms with van der Waals surface area (Å²) < 4.78 is 49.5. The summed E-state index contributed by atoms with van der Waals surface area (Å²) in [5.74, 6) is 0.131. The predicted octanol–water partition coefficient (Wildman–Crippen LogP) is 5.44. The molecule has 0 aromatic heterocycles. The number of anilines is 1. The number of benzene rings is 2. The lowest BCUT2D eigenvalue weighted by Gasteiger charge is -2.15. The van der Waals surface area contributed by atoms with Gasteiger partial charge < -0.3 is 14.8 Å². The Balaban J connectivity index is 2.25. The van der Waals surface area contributed by atoms with Crippen LogP contribution in [-0.4, -0.2) is 19.1 Å². The van der Waals surface area contributed by atoms with Crippen molar-refractivity contribution < 1.29 is 27.4 Å². The van der Waals surface area contributed by atoms with Crippen LogP contribution < -0.4 is 14.8 Å². The first-order chi connectivity index (χ1) is 14.2. The molecule has 158 valence electrons. The van der Waals surface area contributed by atoms with Gasteiger partial charge in [0.25, 0.3) is 5.91 Å². The van der Waals surface area contributed by atoms with Gasteiger partial charge in [0.2, 0.25) is 0 Å². The molecule has 1 atom stereocenters. The molecule has 0 aliphatic rings. The van der Waals surface area contributed by atoms with E-state index in [1.165, 1.54) is 25.3 Å². The molecule has 2 rings (SSSR count). The predicted molar refractivity (Wildman–Crippen MR) is 107 cm³/mol. The Kier molecular flexibility index (Phi) is 7.48. The standard InChI is InChI=1S/C22H21F3N2O3/c1-4-14(2)30-19-9-8-15(11-20(19)29-3)10-16(13-26)21(28)27-18-7-5-6-17(12-18)22(23,24)25/h5-12,14H,4H2,1-3H3,(H,27,28)/b16-10-/t14-/m0/s1. The third kappa shape index (κ3) is 6.01. The molecule has 0 aliphatic carbocycles. The molecule has 0 saturated carbocycles. The third-order valence-electron chi connectivity index (χ3n) is 4.21. The Hall–Kier alpha value is -3.47. The lowest BCUT2D eigenvalue weighted by molar-refractivity contribution is -0.137. The lowest BCUT2D eigenvalue weighted by atomic mass is 10.1. The van der Waals surface area contributed by atoms with Gasteiger partial charge in [-0.1, -0.05) is 19.1 Å². The molecule has 0 saturated heterocycles. The van der Waals surface area contributed by atoms with Crippen molar-refractivity contribution in [2.75, 3.05) is 12.4 Å². The molecule has 1 N–H and O–H groups in total. The summed E-state index contributed by atoms with van der Waals surface area (Å²) in [5.41, 5.74) is -0.737. The van der Waals surface area contributed by atoms with Gasteiger partial charge in [0, 0.05) is 5.69 Å². The number of nitrogens with one attached hydrogen (secondary N) is 1. The number of rotatable bonds is 7. The molecule has 0 spiro atoms. The zero-order valence-corrected chi connectivity index (χ0v) is 16.7. The van der Waals surface area contributed by atoms with Crippen LogP contribution in [0.25, 0.3) is 6.08 Å². The Morgan fingerprint density at radius 2 is 1.97 bits per heavy atom. The number of nitriles is 1. The summed E-state index contributed by atoms with van der Waals surface area (Å²) in [6.45, 7) is 3.90. The van der Waals surface area contributed by atoms with Crippen LogP contribution in [0.4, 0.5) is 18.9 Å². The van der Waals surface area contributed by atoms with Crippen LogP contribution in [0.5, 0.6) is 11.5 Å². The van der Waals surface area contributed by atoms with Crippen molar-refractivity contribution in [3.05, 3.63) is 59.2 Å². The average Bonchev–Trinajstić information content (AvgIpc) is 2.72. The van der Waals surface area contributed by atoms with E-state index in [1.54, 1.807) is 24.3 Å². The maximum Gasteiger partial charge on any atom is 0.416 e. The van der Waals surface area contributed by atoms with E-state index in [2.05, 4.69) is 5.32 Å². The van der Waals surface area contributed by atoms with Gasteiger partial charge in [0.1, 0.15) is 11.6 Å². The second kappa shape index (κ2) is 9.83. The Morgan fingerprint density at radius 3 is 2.57 bits per heavy atom. The fourth-order valence-electron chi connectivity index (χ4n) is 2.46. The van der Waals surface area contributed by atoms with Crippen LogP contribution >= 0.6 is 0 Å². The first-order valence-electron chi connectivity index (χ1n) is 9.13. The molecule has 0 aliphatic heterocycles. The van der Waals surface area contributed by atoms with E-state index in [1.807, 2.05) is 13.8 Å². The van der Waals surface area contributed by atoms with Crippen LogP contribution in [0.3, 0.4) is 0 Å². The summed E-state index contributed by atoms with van der Waals surface area (Å²) in [5, 5.41) is 11.7. The molecule has 0 heterocycles. The van der Waals surface area contributed by atoms with Crippen molar-refractivity contribution in [1.82, 2.24) is 0 Å². The molecule has 8 heteroatoms. The second-order valence-corrected chi connectivity index (χ2v) is 6.45. The van der Waals surface area contributed by atoms with Gasteiger partial charge in [0.05, 0.1) is 18.8 Å². The number of nitrogens with zero attached hydrogens (tertiary/aromatic N) is 1. The molecule has 0 bridgehead atoms. The molecular formula is C22H21F3N2O3. The summed E-state index contributed by atoms with van der Waals surface area (Å²) in [6, 6.07) is 10.9. The van der Waals surface area contributed by atoms with Crippen molar-refractivity contribution in [2.24, 2.45) is 0 Å². The Labute approximate surface area is 172 Å². The van der Waals surface area contributed by atoms with Gasteiger partial charge in [-0.25, -0.2) is 0 Å². The minimum Gasteiger partial charge on any atom is -0.493 e. The van der Waals surface area contributed by atoms with Crippen molar-refractivity contribution in [3.8, 4) is 17.6 Å². The Bertz CT molecular complexity index is 978. The van der Waals surface area contributed by atoms with E-state index in [9.17, 15) is 23.2 Å². The summed E-state index contributed by atoms with van der Waals surface area (Å²) in [7, 11) is 1.47. The quantitative estimate of drug-likeness (QED) is 0.480. The highest BCUT2D eigenvalue weighted by Crippen LogP contribution is 2.31. The number of amides is 1. The number of methoxy groups -OCH3 is 1. The van der Waals surface area contributed by atoms with Crippen LogP contribution in [0.1, 0.15) is 31.4 Å². The molecule has 30 heavy (non-hydrogen) atoms. The van der Waals surface area contributed by atoms with Crippen LogP contribution in [-0.2, 0) is 11.0 Å². The van der Waals surface area contributed by atoms with Gasteiger partial charge in [-0.15, -0.1) is 0 Å². The first-order valence-corrected chi connectivity index (χ1v) is 9.13. The normalized spacial score (nSPS) is 12.6. The summed E-state index contributed by atoms with van der Waals surface area (Å²) >= 11 is 0. The largest absolute Gasteiger partial charge is 0.493 e. The van der Waals surface area contributed by atoms with E-state index in [0.29, 0.717) is 17.1 Å². The van der Waals surface area contributed by atoms with Gasteiger partial charge in [-0.2, -0.15) is 18.4 Å². The zero-order valence-electron chi connectivity index (χ0n) is 16.7. The molecule has 5 nitrogen and oxygen atoms in total. The number of ether oxygens (including phenoxy) is 2.